The van der Waals surface area contributed by atoms with Gasteiger partial charge in [-0.1, -0.05) is 0 Å². The van der Waals surface area contributed by atoms with Gasteiger partial charge < -0.3 is 37.9 Å². The topological polar surface area (TPSA) is 108 Å². The number of benzene rings is 4. The van der Waals surface area contributed by atoms with Crippen molar-refractivity contribution >= 4 is 20.7 Å². The molecule has 0 bridgehead atoms. The summed E-state index contributed by atoms with van der Waals surface area (Å²) in [6.07, 6.45) is 0. The molecule has 44 heavy (non-hydrogen) atoms. The maximum Gasteiger partial charge on any atom is 0.211 e. The van der Waals surface area contributed by atoms with E-state index in [1.54, 1.807) is 52.7 Å². The van der Waals surface area contributed by atoms with Crippen molar-refractivity contribution in [2.24, 2.45) is 0 Å². The van der Waals surface area contributed by atoms with Crippen molar-refractivity contribution in [2.75, 3.05) is 56.9 Å². The molecule has 0 heterocycles. The molecule has 0 unspecified atom stereocenters. The molecular weight excluding hydrogens is 608 g/mol. The second-order valence-corrected chi connectivity index (χ2v) is 12.9. The Hall–Kier alpha value is -4.42. The fourth-order valence-corrected chi connectivity index (χ4v) is 8.65. The molecule has 4 aromatic carbocycles. The molecule has 0 aliphatic heterocycles. The summed E-state index contributed by atoms with van der Waals surface area (Å²) in [5.41, 5.74) is 0. The molecule has 0 saturated carbocycles. The third-order valence-corrected chi connectivity index (χ3v) is 11.0. The van der Waals surface area contributed by atoms with E-state index in [4.69, 9.17) is 37.9 Å². The molecule has 0 aliphatic rings. The van der Waals surface area contributed by atoms with Gasteiger partial charge in [-0.3, -0.25) is 0 Å². The summed E-state index contributed by atoms with van der Waals surface area (Å²) >= 11 is 0. The summed E-state index contributed by atoms with van der Waals surface area (Å²) < 4.78 is 73.2. The maximum atomic E-state index is 14.5. The van der Waals surface area contributed by atoms with Gasteiger partial charge in [0.1, 0.15) is 15.8 Å². The predicted octanol–water partition coefficient (Wildman–Crippen LogP) is 5.68. The summed E-state index contributed by atoms with van der Waals surface area (Å²) in [5, 5.41) is 0. The van der Waals surface area contributed by atoms with Gasteiger partial charge in [0.2, 0.25) is 9.84 Å². The van der Waals surface area contributed by atoms with Gasteiger partial charge in [-0.25, -0.2) is 8.42 Å². The quantitative estimate of drug-likeness (QED) is 0.169. The van der Waals surface area contributed by atoms with Crippen LogP contribution in [0.1, 0.15) is 0 Å². The van der Waals surface area contributed by atoms with Gasteiger partial charge in [0.25, 0.3) is 0 Å². The lowest BCUT2D eigenvalue weighted by atomic mass is 10.3. The smallest absolute Gasteiger partial charge is 0.211 e. The van der Waals surface area contributed by atoms with Crippen LogP contribution in [0.25, 0.3) is 0 Å². The molecule has 10 nitrogen and oxygen atoms in total. The fraction of sp³-hybridized carbons (Fsp3) is 0.250. The molecule has 0 radical (unpaired) electrons. The maximum absolute atomic E-state index is 14.5. The van der Waals surface area contributed by atoms with Gasteiger partial charge in [-0.05, 0) is 36.4 Å². The molecule has 12 heteroatoms. The van der Waals surface area contributed by atoms with E-state index in [-0.39, 0.29) is 21.3 Å². The van der Waals surface area contributed by atoms with Crippen molar-refractivity contribution in [3.8, 4) is 46.0 Å². The first kappa shape index (κ1) is 32.5. The molecular formula is C32H35O10S2+. The minimum absolute atomic E-state index is 0.00629. The monoisotopic (exact) mass is 643 g/mol. The Morgan fingerprint density at radius 1 is 0.432 bits per heavy atom. The second-order valence-electron chi connectivity index (χ2n) is 9.01. The number of methoxy groups -OCH3 is 8. The lowest BCUT2D eigenvalue weighted by molar-refractivity contribution is 0.352. The highest BCUT2D eigenvalue weighted by atomic mass is 32.2. The van der Waals surface area contributed by atoms with E-state index in [9.17, 15) is 8.42 Å². The third kappa shape index (κ3) is 6.13. The zero-order chi connectivity index (χ0) is 32.0. The van der Waals surface area contributed by atoms with E-state index in [1.807, 2.05) is 24.3 Å². The zero-order valence-corrected chi connectivity index (χ0v) is 27.4. The second kappa shape index (κ2) is 13.9. The van der Waals surface area contributed by atoms with E-state index < -0.39 is 20.7 Å². The number of sulfone groups is 1. The summed E-state index contributed by atoms with van der Waals surface area (Å²) in [4.78, 5) is 1.94. The normalized spacial score (nSPS) is 11.1. The van der Waals surface area contributed by atoms with E-state index in [1.165, 1.54) is 46.6 Å². The molecule has 0 fully saturated rings. The summed E-state index contributed by atoms with van der Waals surface area (Å²) in [6.45, 7) is 0. The number of ether oxygens (including phenoxy) is 8. The van der Waals surface area contributed by atoms with Crippen molar-refractivity contribution in [3.63, 3.8) is 0 Å². The first-order valence-corrected chi connectivity index (χ1v) is 15.8. The van der Waals surface area contributed by atoms with Crippen molar-refractivity contribution in [2.45, 2.75) is 24.5 Å². The lowest BCUT2D eigenvalue weighted by Crippen LogP contribution is -2.14. The molecule has 234 valence electrons. The Balaban J connectivity index is 2.11. The van der Waals surface area contributed by atoms with Crippen molar-refractivity contribution < 1.29 is 46.3 Å². The van der Waals surface area contributed by atoms with Gasteiger partial charge in [-0.15, -0.1) is 0 Å². The van der Waals surface area contributed by atoms with Gasteiger partial charge >= 0.3 is 0 Å². The fourth-order valence-electron chi connectivity index (χ4n) is 4.60. The van der Waals surface area contributed by atoms with E-state index in [0.29, 0.717) is 39.4 Å². The minimum atomic E-state index is -4.18. The average Bonchev–Trinajstić information content (AvgIpc) is 3.07. The van der Waals surface area contributed by atoms with Crippen LogP contribution in [0.15, 0.2) is 91.2 Å². The van der Waals surface area contributed by atoms with Crippen LogP contribution in [0.5, 0.6) is 46.0 Å². The molecule has 0 amide bonds. The van der Waals surface area contributed by atoms with Crippen LogP contribution in [-0.4, -0.2) is 65.3 Å². The zero-order valence-electron chi connectivity index (χ0n) is 25.7. The molecule has 0 N–H and O–H groups in total. The van der Waals surface area contributed by atoms with Crippen LogP contribution < -0.4 is 37.9 Å². The Morgan fingerprint density at radius 2 is 0.795 bits per heavy atom. The SMILES string of the molecule is COc1ccc([S+](c2ccc(OC)c(OC)c2)c2cc(OC)c(OC)cc2S(=O)(=O)c2ccc(OC)c(OC)c2)cc1OC. The van der Waals surface area contributed by atoms with Gasteiger partial charge in [-0.2, -0.15) is 0 Å². The van der Waals surface area contributed by atoms with Crippen LogP contribution >= 0.6 is 0 Å². The third-order valence-electron chi connectivity index (χ3n) is 6.81. The van der Waals surface area contributed by atoms with Gasteiger partial charge in [0, 0.05) is 30.3 Å². The first-order valence-electron chi connectivity index (χ1n) is 13.1. The van der Waals surface area contributed by atoms with E-state index in [0.717, 1.165) is 9.79 Å². The highest BCUT2D eigenvalue weighted by molar-refractivity contribution is 7.98. The standard InChI is InChI=1S/C32H35O10S2/c1-35-23-12-9-20(15-26(23)38-4)43(21-10-13-24(36-2)27(16-21)39-5)31-18-29(41-7)30(42-8)19-32(31)44(33,34)22-11-14-25(37-3)28(17-22)40-6/h9-19H,1-8H3/q+1. The summed E-state index contributed by atoms with van der Waals surface area (Å²) in [7, 11) is 6.81. The molecule has 4 aromatic rings. The summed E-state index contributed by atoms with van der Waals surface area (Å²) in [5.74, 6) is 3.28. The van der Waals surface area contributed by atoms with E-state index in [2.05, 4.69) is 0 Å². The Bertz CT molecular complexity index is 1680. The van der Waals surface area contributed by atoms with E-state index >= 15 is 0 Å². The van der Waals surface area contributed by atoms with Crippen LogP contribution in [0.2, 0.25) is 0 Å². The number of hydrogen-bond donors (Lipinski definition) is 0. The molecule has 0 atom stereocenters. The predicted molar refractivity (Wildman–Crippen MR) is 166 cm³/mol. The molecule has 0 spiro atoms. The van der Waals surface area contributed by atoms with Gasteiger partial charge in [0.15, 0.2) is 60.7 Å². The molecule has 0 aromatic heterocycles. The van der Waals surface area contributed by atoms with Crippen molar-refractivity contribution in [3.05, 3.63) is 66.7 Å². The average molecular weight is 644 g/mol. The van der Waals surface area contributed by atoms with Crippen molar-refractivity contribution in [1.82, 2.24) is 0 Å². The Labute approximate surface area is 260 Å². The summed E-state index contributed by atoms with van der Waals surface area (Å²) in [6, 6.07) is 18.5. The van der Waals surface area contributed by atoms with Crippen molar-refractivity contribution in [1.29, 1.82) is 0 Å². The molecule has 0 aliphatic carbocycles. The van der Waals surface area contributed by atoms with Crippen LogP contribution in [0, 0.1) is 0 Å². The van der Waals surface area contributed by atoms with Crippen LogP contribution in [0.3, 0.4) is 0 Å². The largest absolute Gasteiger partial charge is 0.493 e. The van der Waals surface area contributed by atoms with Crippen LogP contribution in [0.4, 0.5) is 0 Å². The highest BCUT2D eigenvalue weighted by Gasteiger charge is 2.39. The Kier molecular flexibility index (Phi) is 10.3. The Morgan fingerprint density at radius 3 is 1.23 bits per heavy atom. The number of rotatable bonds is 13. The molecule has 0 saturated heterocycles. The minimum Gasteiger partial charge on any atom is -0.493 e. The number of hydrogen-bond acceptors (Lipinski definition) is 10. The highest BCUT2D eigenvalue weighted by Crippen LogP contribution is 2.46. The molecule has 4 rings (SSSR count). The van der Waals surface area contributed by atoms with Crippen LogP contribution in [-0.2, 0) is 20.7 Å². The van der Waals surface area contributed by atoms with Gasteiger partial charge in [0.05, 0.1) is 61.8 Å². The lowest BCUT2D eigenvalue weighted by Gasteiger charge is -2.18. The first-order chi connectivity index (χ1) is 21.2.